The molecular weight excluding hydrogens is 260 g/mol. The lowest BCUT2D eigenvalue weighted by atomic mass is 10.0. The van der Waals surface area contributed by atoms with Crippen molar-refractivity contribution >= 4 is 15.9 Å². The lowest BCUT2D eigenvalue weighted by Gasteiger charge is -2.05. The minimum atomic E-state index is 1.16. The SMILES string of the molecule is CC.Cc1ccc(-c2ccccc2)c(Br)c1. The maximum atomic E-state index is 3.58. The van der Waals surface area contributed by atoms with Crippen molar-refractivity contribution in [3.8, 4) is 11.1 Å². The first-order valence-electron chi connectivity index (χ1n) is 5.59. The first-order valence-corrected chi connectivity index (χ1v) is 6.38. The molecule has 0 radical (unpaired) electrons. The first kappa shape index (κ1) is 13.0. The van der Waals surface area contributed by atoms with Crippen LogP contribution in [-0.2, 0) is 0 Å². The number of aryl methyl sites for hydroxylation is 1. The molecule has 0 N–H and O–H groups in total. The van der Waals surface area contributed by atoms with Gasteiger partial charge >= 0.3 is 0 Å². The molecule has 0 saturated carbocycles. The Bertz CT molecular complexity index is 432. The number of hydrogen-bond donors (Lipinski definition) is 0. The molecular formula is C15H17Br. The van der Waals surface area contributed by atoms with Crippen molar-refractivity contribution in [3.05, 3.63) is 58.6 Å². The highest BCUT2D eigenvalue weighted by atomic mass is 79.9. The van der Waals surface area contributed by atoms with Crippen molar-refractivity contribution in [1.82, 2.24) is 0 Å². The Hall–Kier alpha value is -1.08. The minimum Gasteiger partial charge on any atom is -0.0683 e. The third-order valence-corrected chi connectivity index (χ3v) is 2.87. The van der Waals surface area contributed by atoms with E-state index in [0.29, 0.717) is 0 Å². The van der Waals surface area contributed by atoms with Crippen LogP contribution in [-0.4, -0.2) is 0 Å². The van der Waals surface area contributed by atoms with Crippen LogP contribution in [0.5, 0.6) is 0 Å². The van der Waals surface area contributed by atoms with Crippen LogP contribution in [0.25, 0.3) is 11.1 Å². The van der Waals surface area contributed by atoms with Gasteiger partial charge in [-0.1, -0.05) is 72.2 Å². The van der Waals surface area contributed by atoms with Gasteiger partial charge in [-0.2, -0.15) is 0 Å². The average Bonchev–Trinajstić information content (AvgIpc) is 2.33. The maximum Gasteiger partial charge on any atom is 0.0256 e. The van der Waals surface area contributed by atoms with E-state index in [2.05, 4.69) is 65.3 Å². The molecule has 0 heterocycles. The molecule has 0 nitrogen and oxygen atoms in total. The molecule has 0 amide bonds. The van der Waals surface area contributed by atoms with Gasteiger partial charge in [0.05, 0.1) is 0 Å². The molecule has 0 unspecified atom stereocenters. The van der Waals surface area contributed by atoms with E-state index in [4.69, 9.17) is 0 Å². The summed E-state index contributed by atoms with van der Waals surface area (Å²) in [7, 11) is 0. The molecule has 2 aromatic rings. The molecule has 0 bridgehead atoms. The smallest absolute Gasteiger partial charge is 0.0256 e. The predicted octanol–water partition coefficient (Wildman–Crippen LogP) is 5.45. The van der Waals surface area contributed by atoms with Crippen molar-refractivity contribution < 1.29 is 0 Å². The van der Waals surface area contributed by atoms with Crippen LogP contribution in [0.1, 0.15) is 19.4 Å². The summed E-state index contributed by atoms with van der Waals surface area (Å²) < 4.78 is 1.16. The van der Waals surface area contributed by atoms with Gasteiger partial charge in [-0.3, -0.25) is 0 Å². The van der Waals surface area contributed by atoms with Gasteiger partial charge in [0, 0.05) is 4.47 Å². The Balaban J connectivity index is 0.000000606. The van der Waals surface area contributed by atoms with Crippen LogP contribution >= 0.6 is 15.9 Å². The summed E-state index contributed by atoms with van der Waals surface area (Å²) in [6.45, 7) is 6.10. The molecule has 0 aromatic heterocycles. The van der Waals surface area contributed by atoms with Gasteiger partial charge in [0.25, 0.3) is 0 Å². The van der Waals surface area contributed by atoms with Crippen LogP contribution < -0.4 is 0 Å². The molecule has 1 heteroatoms. The van der Waals surface area contributed by atoms with Gasteiger partial charge in [-0.15, -0.1) is 0 Å². The second kappa shape index (κ2) is 6.49. The summed E-state index contributed by atoms with van der Waals surface area (Å²) in [5.41, 5.74) is 3.77. The fourth-order valence-electron chi connectivity index (χ4n) is 1.47. The van der Waals surface area contributed by atoms with E-state index in [0.717, 1.165) is 4.47 Å². The topological polar surface area (TPSA) is 0 Å². The van der Waals surface area contributed by atoms with E-state index in [1.807, 2.05) is 19.9 Å². The Morgan fingerprint density at radius 2 is 1.50 bits per heavy atom. The van der Waals surface area contributed by atoms with Gasteiger partial charge in [-0.05, 0) is 29.7 Å². The largest absolute Gasteiger partial charge is 0.0683 e. The quantitative estimate of drug-likeness (QED) is 0.650. The summed E-state index contributed by atoms with van der Waals surface area (Å²) >= 11 is 3.58. The lowest BCUT2D eigenvalue weighted by Crippen LogP contribution is -1.80. The zero-order valence-electron chi connectivity index (χ0n) is 10.00. The number of hydrogen-bond acceptors (Lipinski definition) is 0. The number of halogens is 1. The van der Waals surface area contributed by atoms with E-state index in [-0.39, 0.29) is 0 Å². The summed E-state index contributed by atoms with van der Waals surface area (Å²) in [5.74, 6) is 0. The Morgan fingerprint density at radius 1 is 0.875 bits per heavy atom. The van der Waals surface area contributed by atoms with Gasteiger partial charge in [0.2, 0.25) is 0 Å². The van der Waals surface area contributed by atoms with Gasteiger partial charge in [-0.25, -0.2) is 0 Å². The second-order valence-corrected chi connectivity index (χ2v) is 4.20. The Labute approximate surface area is 106 Å². The molecule has 0 aliphatic heterocycles. The molecule has 16 heavy (non-hydrogen) atoms. The molecule has 0 fully saturated rings. The highest BCUT2D eigenvalue weighted by Gasteiger charge is 2.01. The van der Waals surface area contributed by atoms with E-state index in [1.54, 1.807) is 0 Å². The molecule has 0 atom stereocenters. The van der Waals surface area contributed by atoms with Gasteiger partial charge < -0.3 is 0 Å². The standard InChI is InChI=1S/C13H11Br.C2H6/c1-10-7-8-12(13(14)9-10)11-5-3-2-4-6-11;1-2/h2-9H,1H3;1-2H3. The first-order chi connectivity index (χ1) is 7.77. The van der Waals surface area contributed by atoms with E-state index in [1.165, 1.54) is 16.7 Å². The van der Waals surface area contributed by atoms with Crippen LogP contribution in [0.3, 0.4) is 0 Å². The van der Waals surface area contributed by atoms with Gasteiger partial charge in [0.1, 0.15) is 0 Å². The van der Waals surface area contributed by atoms with Crippen LogP contribution in [0.4, 0.5) is 0 Å². The summed E-state index contributed by atoms with van der Waals surface area (Å²) in [5, 5.41) is 0. The number of rotatable bonds is 1. The third kappa shape index (κ3) is 3.21. The molecule has 0 spiro atoms. The molecule has 0 aliphatic rings. The fourth-order valence-corrected chi connectivity index (χ4v) is 2.19. The lowest BCUT2D eigenvalue weighted by molar-refractivity contribution is 1.45. The summed E-state index contributed by atoms with van der Waals surface area (Å²) in [4.78, 5) is 0. The van der Waals surface area contributed by atoms with Crippen LogP contribution in [0, 0.1) is 6.92 Å². The van der Waals surface area contributed by atoms with Crippen molar-refractivity contribution in [1.29, 1.82) is 0 Å². The zero-order chi connectivity index (χ0) is 12.0. The highest BCUT2D eigenvalue weighted by molar-refractivity contribution is 9.10. The van der Waals surface area contributed by atoms with Crippen molar-refractivity contribution in [3.63, 3.8) is 0 Å². The van der Waals surface area contributed by atoms with E-state index in [9.17, 15) is 0 Å². The van der Waals surface area contributed by atoms with Crippen LogP contribution in [0.2, 0.25) is 0 Å². The predicted molar refractivity (Wildman–Crippen MR) is 75.7 cm³/mol. The monoisotopic (exact) mass is 276 g/mol. The molecule has 2 aromatic carbocycles. The highest BCUT2D eigenvalue weighted by Crippen LogP contribution is 2.28. The van der Waals surface area contributed by atoms with E-state index < -0.39 is 0 Å². The number of benzene rings is 2. The third-order valence-electron chi connectivity index (χ3n) is 2.21. The molecule has 2 rings (SSSR count). The van der Waals surface area contributed by atoms with E-state index >= 15 is 0 Å². The normalized spacial score (nSPS) is 9.25. The summed E-state index contributed by atoms with van der Waals surface area (Å²) in [6, 6.07) is 16.8. The van der Waals surface area contributed by atoms with Gasteiger partial charge in [0.15, 0.2) is 0 Å². The molecule has 0 aliphatic carbocycles. The second-order valence-electron chi connectivity index (χ2n) is 3.35. The minimum absolute atomic E-state index is 1.16. The Kier molecular flexibility index (Phi) is 5.27. The average molecular weight is 277 g/mol. The Morgan fingerprint density at radius 3 is 2.06 bits per heavy atom. The summed E-state index contributed by atoms with van der Waals surface area (Å²) in [6.07, 6.45) is 0. The maximum absolute atomic E-state index is 3.58. The molecule has 0 saturated heterocycles. The van der Waals surface area contributed by atoms with Crippen molar-refractivity contribution in [2.75, 3.05) is 0 Å². The van der Waals surface area contributed by atoms with Crippen molar-refractivity contribution in [2.24, 2.45) is 0 Å². The van der Waals surface area contributed by atoms with Crippen molar-refractivity contribution in [2.45, 2.75) is 20.8 Å². The zero-order valence-corrected chi connectivity index (χ0v) is 11.6. The van der Waals surface area contributed by atoms with Crippen LogP contribution in [0.15, 0.2) is 53.0 Å². The molecule has 84 valence electrons. The fraction of sp³-hybridized carbons (Fsp3) is 0.200.